The molecule has 0 rings (SSSR count). The summed E-state index contributed by atoms with van der Waals surface area (Å²) in [5.74, 6) is 0.432. The van der Waals surface area contributed by atoms with Crippen LogP contribution >= 0.6 is 11.8 Å². The molecule has 0 radical (unpaired) electrons. The maximum atomic E-state index is 12.0. The number of amides is 1. The molecule has 126 valence electrons. The van der Waals surface area contributed by atoms with Crippen LogP contribution in [0.5, 0.6) is 0 Å². The normalized spacial score (nSPS) is 13.1. The molecule has 0 fully saturated rings. The van der Waals surface area contributed by atoms with Gasteiger partial charge in [0.1, 0.15) is 6.04 Å². The monoisotopic (exact) mass is 340 g/mol. The lowest BCUT2D eigenvalue weighted by atomic mass is 10.2. The minimum atomic E-state index is -3.38. The van der Waals surface area contributed by atoms with Crippen LogP contribution < -0.4 is 10.0 Å². The number of nitrogens with one attached hydrogen (secondary N) is 2. The van der Waals surface area contributed by atoms with E-state index in [0.717, 1.165) is 31.4 Å². The number of aliphatic hydroxyl groups excluding tert-OH is 1. The molecule has 0 aliphatic heterocycles. The molecule has 21 heavy (non-hydrogen) atoms. The van der Waals surface area contributed by atoms with Crippen LogP contribution in [0.1, 0.15) is 39.0 Å². The van der Waals surface area contributed by atoms with Crippen molar-refractivity contribution in [2.24, 2.45) is 0 Å². The van der Waals surface area contributed by atoms with Crippen LogP contribution in [0.3, 0.4) is 0 Å². The molecular weight excluding hydrogens is 312 g/mol. The Kier molecular flexibility index (Phi) is 12.1. The van der Waals surface area contributed by atoms with Crippen molar-refractivity contribution in [1.82, 2.24) is 10.0 Å². The zero-order chi connectivity index (χ0) is 16.1. The molecule has 0 aromatic rings. The summed E-state index contributed by atoms with van der Waals surface area (Å²) in [6, 6.07) is -0.695. The number of hydrogen-bond acceptors (Lipinski definition) is 5. The molecule has 0 spiro atoms. The third-order valence-electron chi connectivity index (χ3n) is 3.01. The van der Waals surface area contributed by atoms with Crippen molar-refractivity contribution in [1.29, 1.82) is 0 Å². The van der Waals surface area contributed by atoms with Crippen LogP contribution in [-0.2, 0) is 14.8 Å². The number of unbranched alkanes of at least 4 members (excludes halogenated alkanes) is 3. The van der Waals surface area contributed by atoms with E-state index in [4.69, 9.17) is 5.11 Å². The number of carbonyl (C=O) groups excluding carboxylic acids is 1. The smallest absolute Gasteiger partial charge is 0.238 e. The van der Waals surface area contributed by atoms with Crippen LogP contribution in [0.4, 0.5) is 0 Å². The van der Waals surface area contributed by atoms with E-state index in [1.165, 1.54) is 0 Å². The van der Waals surface area contributed by atoms with Crippen LogP contribution in [-0.4, -0.2) is 56.4 Å². The van der Waals surface area contributed by atoms with Gasteiger partial charge in [-0.3, -0.25) is 4.79 Å². The van der Waals surface area contributed by atoms with Crippen molar-refractivity contribution in [3.8, 4) is 0 Å². The highest BCUT2D eigenvalue weighted by Gasteiger charge is 2.22. The van der Waals surface area contributed by atoms with Crippen molar-refractivity contribution >= 4 is 27.7 Å². The summed E-state index contributed by atoms with van der Waals surface area (Å²) >= 11 is 1.58. The molecule has 6 nitrogen and oxygen atoms in total. The van der Waals surface area contributed by atoms with Gasteiger partial charge in [-0.25, -0.2) is 13.1 Å². The molecule has 0 saturated carbocycles. The fraction of sp³-hybridized carbons (Fsp3) is 0.923. The summed E-state index contributed by atoms with van der Waals surface area (Å²) < 4.78 is 25.7. The van der Waals surface area contributed by atoms with Gasteiger partial charge in [0.05, 0.1) is 5.75 Å². The van der Waals surface area contributed by atoms with Crippen molar-refractivity contribution in [2.45, 2.75) is 45.1 Å². The molecule has 1 amide bonds. The van der Waals surface area contributed by atoms with E-state index >= 15 is 0 Å². The molecule has 0 aromatic heterocycles. The van der Waals surface area contributed by atoms with Gasteiger partial charge in [0.2, 0.25) is 15.9 Å². The van der Waals surface area contributed by atoms with Gasteiger partial charge >= 0.3 is 0 Å². The van der Waals surface area contributed by atoms with Crippen LogP contribution in [0.15, 0.2) is 0 Å². The lowest BCUT2D eigenvalue weighted by Gasteiger charge is -2.17. The molecule has 0 heterocycles. The first-order valence-corrected chi connectivity index (χ1v) is 10.4. The van der Waals surface area contributed by atoms with Crippen molar-refractivity contribution < 1.29 is 18.3 Å². The number of rotatable bonds is 13. The first-order chi connectivity index (χ1) is 9.96. The van der Waals surface area contributed by atoms with Crippen molar-refractivity contribution in [3.63, 3.8) is 0 Å². The Hall–Kier alpha value is -0.310. The van der Waals surface area contributed by atoms with E-state index in [-0.39, 0.29) is 18.3 Å². The first-order valence-electron chi connectivity index (χ1n) is 7.34. The number of sulfonamides is 1. The first kappa shape index (κ1) is 20.7. The summed E-state index contributed by atoms with van der Waals surface area (Å²) in [4.78, 5) is 12.0. The Morgan fingerprint density at radius 3 is 2.48 bits per heavy atom. The van der Waals surface area contributed by atoms with E-state index in [1.807, 2.05) is 6.26 Å². The fourth-order valence-corrected chi connectivity index (χ4v) is 3.00. The predicted molar refractivity (Wildman–Crippen MR) is 87.9 cm³/mol. The highest BCUT2D eigenvalue weighted by atomic mass is 32.2. The lowest BCUT2D eigenvalue weighted by Crippen LogP contribution is -2.47. The largest absolute Gasteiger partial charge is 0.396 e. The maximum absolute atomic E-state index is 12.0. The third-order valence-corrected chi connectivity index (χ3v) is 5.06. The molecule has 1 atom stereocenters. The van der Waals surface area contributed by atoms with E-state index in [2.05, 4.69) is 10.0 Å². The standard InChI is InChI=1S/C13H28N2O4S2/c1-3-21(18,19)15-12(8-11-20-2)13(17)14-9-6-4-5-7-10-16/h12,15-16H,3-11H2,1-2H3,(H,14,17). The second-order valence-corrected chi connectivity index (χ2v) is 7.81. The number of carbonyl (C=O) groups is 1. The SMILES string of the molecule is CCS(=O)(=O)NC(CCSC)C(=O)NCCCCCCO. The molecular formula is C13H28N2O4S2. The van der Waals surface area contributed by atoms with Crippen LogP contribution in [0.2, 0.25) is 0 Å². The van der Waals surface area contributed by atoms with Crippen LogP contribution in [0.25, 0.3) is 0 Å². The minimum absolute atomic E-state index is 0.0305. The fourth-order valence-electron chi connectivity index (χ4n) is 1.70. The summed E-state index contributed by atoms with van der Waals surface area (Å²) in [6.07, 6.45) is 5.89. The van der Waals surface area contributed by atoms with Gasteiger partial charge in [-0.2, -0.15) is 11.8 Å². The van der Waals surface area contributed by atoms with Gasteiger partial charge < -0.3 is 10.4 Å². The van der Waals surface area contributed by atoms with E-state index in [9.17, 15) is 13.2 Å². The highest BCUT2D eigenvalue weighted by Crippen LogP contribution is 2.04. The minimum Gasteiger partial charge on any atom is -0.396 e. The molecule has 0 bridgehead atoms. The summed E-state index contributed by atoms with van der Waals surface area (Å²) in [5.41, 5.74) is 0. The second kappa shape index (κ2) is 12.3. The van der Waals surface area contributed by atoms with Gasteiger partial charge in [0.15, 0.2) is 0 Å². The number of aliphatic hydroxyl groups is 1. The Bertz CT molecular complexity index is 374. The molecule has 0 aliphatic carbocycles. The molecule has 0 saturated heterocycles. The third kappa shape index (κ3) is 11.0. The molecule has 3 N–H and O–H groups in total. The van der Waals surface area contributed by atoms with Gasteiger partial charge in [-0.05, 0) is 38.2 Å². The molecule has 8 heteroatoms. The summed E-state index contributed by atoms with van der Waals surface area (Å²) in [5, 5.41) is 11.4. The predicted octanol–water partition coefficient (Wildman–Crippen LogP) is 0.716. The summed E-state index contributed by atoms with van der Waals surface area (Å²) in [6.45, 7) is 2.28. The lowest BCUT2D eigenvalue weighted by molar-refractivity contribution is -0.122. The second-order valence-electron chi connectivity index (χ2n) is 4.78. The molecule has 0 aromatic carbocycles. The number of thioether (sulfide) groups is 1. The van der Waals surface area contributed by atoms with Gasteiger partial charge in [-0.15, -0.1) is 0 Å². The highest BCUT2D eigenvalue weighted by molar-refractivity contribution is 7.98. The van der Waals surface area contributed by atoms with Crippen molar-refractivity contribution in [3.05, 3.63) is 0 Å². The average Bonchev–Trinajstić information content (AvgIpc) is 2.46. The van der Waals surface area contributed by atoms with E-state index in [1.54, 1.807) is 18.7 Å². The molecule has 0 aliphatic rings. The van der Waals surface area contributed by atoms with Crippen molar-refractivity contribution in [2.75, 3.05) is 30.9 Å². The van der Waals surface area contributed by atoms with Crippen LogP contribution in [0, 0.1) is 0 Å². The summed E-state index contributed by atoms with van der Waals surface area (Å²) in [7, 11) is -3.38. The Morgan fingerprint density at radius 2 is 1.90 bits per heavy atom. The Morgan fingerprint density at radius 1 is 1.24 bits per heavy atom. The topological polar surface area (TPSA) is 95.5 Å². The maximum Gasteiger partial charge on any atom is 0.238 e. The van der Waals surface area contributed by atoms with E-state index in [0.29, 0.717) is 13.0 Å². The van der Waals surface area contributed by atoms with Gasteiger partial charge in [-0.1, -0.05) is 12.8 Å². The Labute approximate surface area is 132 Å². The quantitative estimate of drug-likeness (QED) is 0.429. The Balaban J connectivity index is 4.19. The average molecular weight is 341 g/mol. The van der Waals surface area contributed by atoms with E-state index < -0.39 is 16.1 Å². The van der Waals surface area contributed by atoms with Gasteiger partial charge in [0, 0.05) is 13.2 Å². The zero-order valence-corrected chi connectivity index (χ0v) is 14.6. The number of hydrogen-bond donors (Lipinski definition) is 3. The van der Waals surface area contributed by atoms with Gasteiger partial charge in [0.25, 0.3) is 0 Å². The molecule has 1 unspecified atom stereocenters. The zero-order valence-electron chi connectivity index (χ0n) is 12.9.